The first kappa shape index (κ1) is 19.0. The van der Waals surface area contributed by atoms with Crippen LogP contribution in [0.4, 0.5) is 0 Å². The molecule has 1 aliphatic rings. The molecule has 0 unspecified atom stereocenters. The van der Waals surface area contributed by atoms with Crippen LogP contribution in [-0.2, 0) is 11.3 Å². The zero-order valence-corrected chi connectivity index (χ0v) is 15.4. The number of rotatable bonds is 7. The van der Waals surface area contributed by atoms with Crippen LogP contribution in [0.2, 0.25) is 0 Å². The average molecular weight is 337 g/mol. The van der Waals surface area contributed by atoms with Crippen molar-refractivity contribution in [3.8, 4) is 0 Å². The summed E-state index contributed by atoms with van der Waals surface area (Å²) in [4.78, 5) is 18.7. The van der Waals surface area contributed by atoms with Crippen molar-refractivity contribution in [1.82, 2.24) is 14.7 Å². The third-order valence-corrected chi connectivity index (χ3v) is 4.63. The predicted octanol–water partition coefficient (Wildman–Crippen LogP) is 1.32. The fourth-order valence-electron chi connectivity index (χ4n) is 3.27. The van der Waals surface area contributed by atoms with E-state index in [1.165, 1.54) is 0 Å². The lowest BCUT2D eigenvalue weighted by Gasteiger charge is -2.41. The smallest absolute Gasteiger partial charge is 0.236 e. The van der Waals surface area contributed by atoms with Crippen molar-refractivity contribution in [3.05, 3.63) is 23.7 Å². The molecule has 1 fully saturated rings. The van der Waals surface area contributed by atoms with Gasteiger partial charge in [-0.25, -0.2) is 0 Å². The van der Waals surface area contributed by atoms with Crippen LogP contribution in [0.25, 0.3) is 0 Å². The molecule has 1 amide bonds. The molecule has 0 saturated carbocycles. The summed E-state index contributed by atoms with van der Waals surface area (Å²) in [5.41, 5.74) is 0. The number of furan rings is 1. The molecule has 1 saturated heterocycles. The van der Waals surface area contributed by atoms with Gasteiger partial charge < -0.3 is 14.4 Å². The Morgan fingerprint density at radius 2 is 2.21 bits per heavy atom. The molecule has 136 valence electrons. The maximum absolute atomic E-state index is 12.5. The summed E-state index contributed by atoms with van der Waals surface area (Å²) >= 11 is 0. The predicted molar refractivity (Wildman–Crippen MR) is 93.7 cm³/mol. The van der Waals surface area contributed by atoms with Gasteiger partial charge in [-0.3, -0.25) is 14.6 Å². The molecule has 1 aromatic heterocycles. The molecule has 24 heavy (non-hydrogen) atoms. The molecule has 2 heterocycles. The topological polar surface area (TPSA) is 60.2 Å². The number of carbonyl (C=O) groups is 1. The lowest BCUT2D eigenvalue weighted by atomic mass is 10.1. The van der Waals surface area contributed by atoms with Gasteiger partial charge in [0.1, 0.15) is 11.5 Å². The van der Waals surface area contributed by atoms with E-state index in [-0.39, 0.29) is 12.0 Å². The van der Waals surface area contributed by atoms with Crippen LogP contribution < -0.4 is 0 Å². The van der Waals surface area contributed by atoms with Crippen molar-refractivity contribution >= 4 is 5.91 Å². The SMILES string of the molecule is CC[C@H]1CN(CC(=O)N(C)Cc2ccc(C)o2)CCN1C[C@@H](C)O. The molecule has 2 atom stereocenters. The molecular weight excluding hydrogens is 306 g/mol. The van der Waals surface area contributed by atoms with E-state index in [1.54, 1.807) is 4.90 Å². The summed E-state index contributed by atoms with van der Waals surface area (Å²) in [5.74, 6) is 1.80. The molecule has 0 spiro atoms. The first-order chi connectivity index (χ1) is 11.4. The number of amides is 1. The van der Waals surface area contributed by atoms with E-state index in [1.807, 2.05) is 33.0 Å². The van der Waals surface area contributed by atoms with Gasteiger partial charge in [0.05, 0.1) is 19.2 Å². The van der Waals surface area contributed by atoms with Crippen LogP contribution in [0.5, 0.6) is 0 Å². The Morgan fingerprint density at radius 3 is 2.79 bits per heavy atom. The van der Waals surface area contributed by atoms with E-state index < -0.39 is 0 Å². The van der Waals surface area contributed by atoms with E-state index in [0.29, 0.717) is 25.7 Å². The third-order valence-electron chi connectivity index (χ3n) is 4.63. The standard InChI is InChI=1S/C18H31N3O3/c1-5-16-11-20(8-9-21(16)10-14(2)22)13-18(23)19(4)12-17-7-6-15(3)24-17/h6-7,14,16,22H,5,8-13H2,1-4H3/t14-,16+/m1/s1. The highest BCUT2D eigenvalue weighted by Crippen LogP contribution is 2.14. The molecule has 1 N–H and O–H groups in total. The number of hydrogen-bond donors (Lipinski definition) is 1. The van der Waals surface area contributed by atoms with Crippen LogP contribution >= 0.6 is 0 Å². The first-order valence-electron chi connectivity index (χ1n) is 8.82. The Labute approximate surface area is 145 Å². The lowest BCUT2D eigenvalue weighted by Crippen LogP contribution is -2.56. The number of piperazine rings is 1. The molecule has 1 aliphatic heterocycles. The lowest BCUT2D eigenvalue weighted by molar-refractivity contribution is -0.132. The Bertz CT molecular complexity index is 529. The number of aliphatic hydroxyl groups excluding tert-OH is 1. The van der Waals surface area contributed by atoms with Gasteiger partial charge in [-0.05, 0) is 32.4 Å². The summed E-state index contributed by atoms with van der Waals surface area (Å²) in [6.07, 6.45) is 0.717. The maximum Gasteiger partial charge on any atom is 0.236 e. The van der Waals surface area contributed by atoms with E-state index in [9.17, 15) is 9.90 Å². The van der Waals surface area contributed by atoms with Gasteiger partial charge >= 0.3 is 0 Å². The number of hydrogen-bond acceptors (Lipinski definition) is 5. The van der Waals surface area contributed by atoms with E-state index in [4.69, 9.17) is 4.42 Å². The second-order valence-electron chi connectivity index (χ2n) is 6.90. The molecule has 2 rings (SSSR count). The van der Waals surface area contributed by atoms with Crippen LogP contribution in [-0.4, -0.2) is 77.6 Å². The van der Waals surface area contributed by atoms with E-state index >= 15 is 0 Å². The zero-order valence-electron chi connectivity index (χ0n) is 15.4. The van der Waals surface area contributed by atoms with Gasteiger partial charge in [0.2, 0.25) is 5.91 Å². The molecule has 0 aliphatic carbocycles. The third kappa shape index (κ3) is 5.33. The van der Waals surface area contributed by atoms with Gasteiger partial charge in [-0.2, -0.15) is 0 Å². The van der Waals surface area contributed by atoms with Crippen LogP contribution in [0.1, 0.15) is 31.8 Å². The number of aliphatic hydroxyl groups is 1. The number of β-amino-alcohol motifs (C(OH)–C–C–N with tert-alkyl or cyclic N) is 1. The Hall–Kier alpha value is -1.37. The van der Waals surface area contributed by atoms with Gasteiger partial charge in [-0.15, -0.1) is 0 Å². The van der Waals surface area contributed by atoms with Crippen molar-refractivity contribution in [2.75, 3.05) is 39.8 Å². The number of carbonyl (C=O) groups excluding carboxylic acids is 1. The van der Waals surface area contributed by atoms with Crippen molar-refractivity contribution < 1.29 is 14.3 Å². The Balaban J connectivity index is 1.83. The minimum Gasteiger partial charge on any atom is -0.464 e. The zero-order chi connectivity index (χ0) is 17.7. The van der Waals surface area contributed by atoms with Gasteiger partial charge in [-0.1, -0.05) is 6.92 Å². The van der Waals surface area contributed by atoms with E-state index in [2.05, 4.69) is 16.7 Å². The minimum absolute atomic E-state index is 0.114. The highest BCUT2D eigenvalue weighted by Gasteiger charge is 2.28. The van der Waals surface area contributed by atoms with Crippen LogP contribution in [0.3, 0.4) is 0 Å². The Morgan fingerprint density at radius 1 is 1.46 bits per heavy atom. The molecule has 6 heteroatoms. The normalized spacial score (nSPS) is 21.0. The number of aryl methyl sites for hydroxylation is 1. The van der Waals surface area contributed by atoms with Crippen molar-refractivity contribution in [1.29, 1.82) is 0 Å². The fraction of sp³-hybridized carbons (Fsp3) is 0.722. The molecular formula is C18H31N3O3. The molecule has 0 radical (unpaired) electrons. The highest BCUT2D eigenvalue weighted by atomic mass is 16.3. The monoisotopic (exact) mass is 337 g/mol. The van der Waals surface area contributed by atoms with Gasteiger partial charge in [0.15, 0.2) is 0 Å². The summed E-state index contributed by atoms with van der Waals surface area (Å²) in [7, 11) is 1.82. The van der Waals surface area contributed by atoms with Crippen molar-refractivity contribution in [2.45, 2.75) is 45.9 Å². The first-order valence-corrected chi connectivity index (χ1v) is 8.82. The van der Waals surface area contributed by atoms with E-state index in [0.717, 1.165) is 37.6 Å². The number of nitrogens with zero attached hydrogens (tertiary/aromatic N) is 3. The summed E-state index contributed by atoms with van der Waals surface area (Å²) < 4.78 is 5.54. The molecule has 0 bridgehead atoms. The molecule has 0 aromatic carbocycles. The van der Waals surface area contributed by atoms with Crippen molar-refractivity contribution in [2.24, 2.45) is 0 Å². The molecule has 1 aromatic rings. The summed E-state index contributed by atoms with van der Waals surface area (Å²) in [6, 6.07) is 4.24. The van der Waals surface area contributed by atoms with Gasteiger partial charge in [0.25, 0.3) is 0 Å². The fourth-order valence-corrected chi connectivity index (χ4v) is 3.27. The van der Waals surface area contributed by atoms with Crippen molar-refractivity contribution in [3.63, 3.8) is 0 Å². The van der Waals surface area contributed by atoms with Gasteiger partial charge in [0, 0.05) is 39.3 Å². The summed E-state index contributed by atoms with van der Waals surface area (Å²) in [6.45, 7) is 10.2. The second-order valence-corrected chi connectivity index (χ2v) is 6.90. The van der Waals surface area contributed by atoms with Crippen LogP contribution in [0, 0.1) is 6.92 Å². The number of likely N-dealkylation sites (N-methyl/N-ethyl adjacent to an activating group) is 1. The van der Waals surface area contributed by atoms with Crippen LogP contribution in [0.15, 0.2) is 16.5 Å². The summed E-state index contributed by atoms with van der Waals surface area (Å²) in [5, 5.41) is 9.62. The largest absolute Gasteiger partial charge is 0.464 e. The highest BCUT2D eigenvalue weighted by molar-refractivity contribution is 5.77. The maximum atomic E-state index is 12.5. The average Bonchev–Trinajstić information content (AvgIpc) is 2.93. The quantitative estimate of drug-likeness (QED) is 0.813. The second kappa shape index (κ2) is 8.65. The Kier molecular flexibility index (Phi) is 6.83. The molecule has 6 nitrogen and oxygen atoms in total. The minimum atomic E-state index is -0.310.